The third-order valence-electron chi connectivity index (χ3n) is 4.25. The third-order valence-corrected chi connectivity index (χ3v) is 4.25. The van der Waals surface area contributed by atoms with Gasteiger partial charge in [-0.15, -0.1) is 0 Å². The van der Waals surface area contributed by atoms with Crippen LogP contribution in [0.3, 0.4) is 0 Å². The second-order valence-electron chi connectivity index (χ2n) is 6.31. The predicted molar refractivity (Wildman–Crippen MR) is 116 cm³/mol. The van der Waals surface area contributed by atoms with Gasteiger partial charge in [-0.1, -0.05) is 0 Å². The van der Waals surface area contributed by atoms with Crippen LogP contribution in [0.15, 0.2) is 24.3 Å². The van der Waals surface area contributed by atoms with E-state index in [1.807, 2.05) is 44.9 Å². The first kappa shape index (κ1) is 25.7. The molecule has 32 heavy (non-hydrogen) atoms. The SMILES string of the molecule is CCOC(=O)c1c([C]2[CH][CH][CH][CH]2)nc(N)nc1-c1ccc([N+](=O)[O-])cc1.[CH]1[CH][CH][CH][CH]1.[Fe+2]. The van der Waals surface area contributed by atoms with Gasteiger partial charge in [-0.25, -0.2) is 14.8 Å². The zero-order valence-electron chi connectivity index (χ0n) is 17.1. The van der Waals surface area contributed by atoms with E-state index < -0.39 is 10.9 Å². The maximum atomic E-state index is 12.6. The van der Waals surface area contributed by atoms with Crippen LogP contribution in [-0.4, -0.2) is 27.5 Å². The van der Waals surface area contributed by atoms with Crippen molar-refractivity contribution in [3.63, 3.8) is 0 Å². The van der Waals surface area contributed by atoms with Crippen molar-refractivity contribution in [2.24, 2.45) is 0 Å². The summed E-state index contributed by atoms with van der Waals surface area (Å²) in [4.78, 5) is 31.3. The smallest absolute Gasteiger partial charge is 0.462 e. The minimum atomic E-state index is -0.586. The second kappa shape index (κ2) is 12.5. The van der Waals surface area contributed by atoms with E-state index in [0.717, 1.165) is 0 Å². The Morgan fingerprint density at radius 1 is 0.969 bits per heavy atom. The number of non-ortho nitro benzene ring substituents is 1. The summed E-state index contributed by atoms with van der Waals surface area (Å²) < 4.78 is 5.16. The Labute approximate surface area is 199 Å². The monoisotopic (exact) mass is 472 g/mol. The number of rotatable bonds is 5. The van der Waals surface area contributed by atoms with Crippen molar-refractivity contribution in [2.75, 3.05) is 12.3 Å². The van der Waals surface area contributed by atoms with Crippen LogP contribution >= 0.6 is 0 Å². The first-order chi connectivity index (χ1) is 15.0. The Kier molecular flexibility index (Phi) is 10.1. The number of nitro groups is 1. The molecule has 0 unspecified atom stereocenters. The van der Waals surface area contributed by atoms with Crippen LogP contribution in [-0.2, 0) is 21.8 Å². The Hall–Kier alpha value is -2.51. The summed E-state index contributed by atoms with van der Waals surface area (Å²) in [5, 5.41) is 10.9. The van der Waals surface area contributed by atoms with Crippen LogP contribution in [0, 0.1) is 73.8 Å². The molecule has 0 spiro atoms. The number of benzene rings is 1. The van der Waals surface area contributed by atoms with Gasteiger partial charge in [0.05, 0.1) is 22.9 Å². The number of aromatic nitrogens is 2. The van der Waals surface area contributed by atoms with Crippen LogP contribution in [0.5, 0.6) is 0 Å². The maximum absolute atomic E-state index is 12.6. The van der Waals surface area contributed by atoms with Gasteiger partial charge in [-0.2, -0.15) is 0 Å². The molecule has 9 heteroatoms. The average molecular weight is 472 g/mol. The molecule has 2 aliphatic rings. The van der Waals surface area contributed by atoms with E-state index in [4.69, 9.17) is 10.5 Å². The van der Waals surface area contributed by atoms with Gasteiger partial charge < -0.3 is 10.5 Å². The van der Waals surface area contributed by atoms with Crippen molar-refractivity contribution in [1.82, 2.24) is 9.97 Å². The Morgan fingerprint density at radius 2 is 1.50 bits per heavy atom. The van der Waals surface area contributed by atoms with Crippen molar-refractivity contribution in [3.05, 3.63) is 109 Å². The predicted octanol–water partition coefficient (Wildman–Crippen LogP) is 3.58. The summed E-state index contributed by atoms with van der Waals surface area (Å²) >= 11 is 0. The van der Waals surface area contributed by atoms with Crippen LogP contribution in [0.2, 0.25) is 0 Å². The molecule has 8 nitrogen and oxygen atoms in total. The molecule has 2 fully saturated rings. The molecule has 0 amide bonds. The molecule has 0 aliphatic heterocycles. The van der Waals surface area contributed by atoms with Gasteiger partial charge >= 0.3 is 23.0 Å². The number of carbonyl (C=O) groups excluding carboxylic acids is 1. The van der Waals surface area contributed by atoms with E-state index in [1.165, 1.54) is 24.3 Å². The van der Waals surface area contributed by atoms with Gasteiger partial charge in [0, 0.05) is 23.6 Å². The molecule has 2 N–H and O–H groups in total. The molecule has 2 aliphatic carbocycles. The second-order valence-corrected chi connectivity index (χ2v) is 6.31. The number of esters is 1. The molecule has 1 aromatic heterocycles. The van der Waals surface area contributed by atoms with Crippen molar-refractivity contribution in [3.8, 4) is 11.3 Å². The number of nitrogens with two attached hydrogens (primary N) is 1. The average Bonchev–Trinajstić information content (AvgIpc) is 3.50. The Morgan fingerprint density at radius 3 is 2.00 bits per heavy atom. The van der Waals surface area contributed by atoms with E-state index in [1.54, 1.807) is 19.8 Å². The first-order valence-corrected chi connectivity index (χ1v) is 9.49. The summed E-state index contributed by atoms with van der Waals surface area (Å²) in [6.07, 6.45) is 17.2. The van der Waals surface area contributed by atoms with E-state index in [2.05, 4.69) is 9.97 Å². The van der Waals surface area contributed by atoms with Gasteiger partial charge in [0.15, 0.2) is 0 Å². The number of hydrogen-bond donors (Lipinski definition) is 1. The van der Waals surface area contributed by atoms with Gasteiger partial charge in [0.2, 0.25) is 5.95 Å². The topological polar surface area (TPSA) is 121 Å². The van der Waals surface area contributed by atoms with Gasteiger partial charge in [0.1, 0.15) is 5.56 Å². The van der Waals surface area contributed by atoms with Gasteiger partial charge in [0.25, 0.3) is 5.69 Å². The zero-order chi connectivity index (χ0) is 22.2. The fourth-order valence-electron chi connectivity index (χ4n) is 2.89. The van der Waals surface area contributed by atoms with Gasteiger partial charge in [-0.3, -0.25) is 10.1 Å². The summed E-state index contributed by atoms with van der Waals surface area (Å²) in [5.41, 5.74) is 7.07. The minimum Gasteiger partial charge on any atom is -0.462 e. The first-order valence-electron chi connectivity index (χ1n) is 9.49. The molecule has 0 bridgehead atoms. The fraction of sp³-hybridized carbons (Fsp3) is 0.0870. The molecular formula is C23H20FeN4O4+2. The summed E-state index contributed by atoms with van der Waals surface area (Å²) in [6.45, 7) is 1.88. The van der Waals surface area contributed by atoms with Crippen molar-refractivity contribution >= 4 is 17.6 Å². The summed E-state index contributed by atoms with van der Waals surface area (Å²) in [5.74, 6) is 0.102. The van der Waals surface area contributed by atoms with E-state index in [-0.39, 0.29) is 46.6 Å². The van der Waals surface area contributed by atoms with Crippen LogP contribution < -0.4 is 5.73 Å². The van der Waals surface area contributed by atoms with Crippen molar-refractivity contribution in [2.45, 2.75) is 6.92 Å². The summed E-state index contributed by atoms with van der Waals surface area (Å²) in [6, 6.07) is 5.70. The number of nitro benzene ring substituents is 1. The molecule has 162 valence electrons. The molecule has 2 saturated carbocycles. The van der Waals surface area contributed by atoms with E-state index in [0.29, 0.717) is 17.2 Å². The number of anilines is 1. The fourth-order valence-corrected chi connectivity index (χ4v) is 2.89. The molecule has 4 rings (SSSR count). The van der Waals surface area contributed by atoms with E-state index >= 15 is 0 Å². The van der Waals surface area contributed by atoms with Crippen LogP contribution in [0.4, 0.5) is 11.6 Å². The number of hydrogen-bond acceptors (Lipinski definition) is 7. The molecule has 2 aromatic rings. The normalized spacial score (nSPS) is 15.4. The van der Waals surface area contributed by atoms with Crippen LogP contribution in [0.1, 0.15) is 23.0 Å². The molecule has 0 saturated heterocycles. The molecular weight excluding hydrogens is 452 g/mol. The molecule has 10 radical (unpaired) electrons. The quantitative estimate of drug-likeness (QED) is 0.306. The largest absolute Gasteiger partial charge is 2.00 e. The standard InChI is InChI=1S/C18H15N4O4.C5H5.Fe/c1-2-26-17(23)14-15(11-5-3-4-6-11)20-18(19)21-16(14)12-7-9-13(10-8-12)22(24)25;1-2-4-5-3-1;/h3-10H,2H2,1H3,(H2,19,20,21);1-5H;/q;;+2. The number of carbonyl (C=O) groups is 1. The number of nitrogens with zero attached hydrogens (tertiary/aromatic N) is 3. The van der Waals surface area contributed by atoms with Crippen molar-refractivity contribution in [1.29, 1.82) is 0 Å². The van der Waals surface area contributed by atoms with Crippen LogP contribution in [0.25, 0.3) is 11.3 Å². The minimum absolute atomic E-state index is 0. The molecule has 1 aromatic carbocycles. The summed E-state index contributed by atoms with van der Waals surface area (Å²) in [7, 11) is 0. The van der Waals surface area contributed by atoms with Gasteiger partial charge in [-0.05, 0) is 76.8 Å². The number of ether oxygens (including phenoxy) is 1. The maximum Gasteiger partial charge on any atom is 2.00 e. The molecule has 1 heterocycles. The number of nitrogen functional groups attached to an aromatic ring is 1. The zero-order valence-corrected chi connectivity index (χ0v) is 18.2. The van der Waals surface area contributed by atoms with Crippen molar-refractivity contribution < 1.29 is 31.5 Å². The Balaban J connectivity index is 0.000000534. The molecule has 0 atom stereocenters. The third kappa shape index (κ3) is 6.50. The van der Waals surface area contributed by atoms with E-state index in [9.17, 15) is 14.9 Å². The Bertz CT molecular complexity index is 903.